The molecule has 1 saturated heterocycles. The number of aryl methyl sites for hydroxylation is 1. The number of hydrogen-bond donors (Lipinski definition) is 1. The lowest BCUT2D eigenvalue weighted by molar-refractivity contribution is 0.378. The fourth-order valence-electron chi connectivity index (χ4n) is 1.79. The van der Waals surface area contributed by atoms with E-state index in [-0.39, 0.29) is 6.04 Å². The standard InChI is InChI=1S/C11H13F2N/c1-2-7-5-9(12)10(13)6-8(7)11-3-4-14-11/h5-6,11,14H,2-4H2,1H3. The first-order valence-electron chi connectivity index (χ1n) is 4.93. The Morgan fingerprint density at radius 3 is 2.50 bits per heavy atom. The molecule has 1 heterocycles. The molecule has 0 radical (unpaired) electrons. The van der Waals surface area contributed by atoms with Crippen LogP contribution in [0.15, 0.2) is 12.1 Å². The Kier molecular flexibility index (Phi) is 2.50. The molecule has 0 amide bonds. The molecule has 3 heteroatoms. The maximum Gasteiger partial charge on any atom is 0.159 e. The Morgan fingerprint density at radius 2 is 2.00 bits per heavy atom. The van der Waals surface area contributed by atoms with E-state index in [1.165, 1.54) is 12.1 Å². The van der Waals surface area contributed by atoms with E-state index >= 15 is 0 Å². The van der Waals surface area contributed by atoms with Crippen LogP contribution in [0, 0.1) is 11.6 Å². The third-order valence-electron chi connectivity index (χ3n) is 2.76. The van der Waals surface area contributed by atoms with E-state index < -0.39 is 11.6 Å². The Morgan fingerprint density at radius 1 is 1.36 bits per heavy atom. The maximum absolute atomic E-state index is 13.0. The van der Waals surface area contributed by atoms with Gasteiger partial charge in [-0.2, -0.15) is 0 Å². The van der Waals surface area contributed by atoms with Gasteiger partial charge in [0, 0.05) is 6.04 Å². The summed E-state index contributed by atoms with van der Waals surface area (Å²) >= 11 is 0. The quantitative estimate of drug-likeness (QED) is 0.768. The average molecular weight is 197 g/mol. The molecule has 1 atom stereocenters. The van der Waals surface area contributed by atoms with Crippen molar-refractivity contribution in [3.63, 3.8) is 0 Å². The van der Waals surface area contributed by atoms with Crippen molar-refractivity contribution in [2.75, 3.05) is 6.54 Å². The van der Waals surface area contributed by atoms with Gasteiger partial charge in [0.2, 0.25) is 0 Å². The zero-order chi connectivity index (χ0) is 10.1. The van der Waals surface area contributed by atoms with Crippen molar-refractivity contribution in [2.45, 2.75) is 25.8 Å². The first-order valence-corrected chi connectivity index (χ1v) is 4.93. The summed E-state index contributed by atoms with van der Waals surface area (Å²) in [5, 5.41) is 3.19. The third kappa shape index (κ3) is 1.52. The zero-order valence-corrected chi connectivity index (χ0v) is 8.11. The molecule has 0 saturated carbocycles. The smallest absolute Gasteiger partial charge is 0.159 e. The highest BCUT2D eigenvalue weighted by Gasteiger charge is 2.22. The van der Waals surface area contributed by atoms with Crippen LogP contribution in [0.25, 0.3) is 0 Å². The van der Waals surface area contributed by atoms with Gasteiger partial charge in [0.25, 0.3) is 0 Å². The van der Waals surface area contributed by atoms with Crippen LogP contribution in [0.5, 0.6) is 0 Å². The second kappa shape index (κ2) is 3.65. The summed E-state index contributed by atoms with van der Waals surface area (Å²) in [6.07, 6.45) is 1.75. The molecule has 1 aliphatic rings. The molecule has 0 aromatic heterocycles. The minimum absolute atomic E-state index is 0.222. The normalized spacial score (nSPS) is 20.6. The van der Waals surface area contributed by atoms with Crippen LogP contribution in [0.2, 0.25) is 0 Å². The van der Waals surface area contributed by atoms with Crippen molar-refractivity contribution in [2.24, 2.45) is 0 Å². The number of halogens is 2. The van der Waals surface area contributed by atoms with Gasteiger partial charge in [-0.3, -0.25) is 0 Å². The molecule has 1 nitrogen and oxygen atoms in total. The molecule has 76 valence electrons. The van der Waals surface area contributed by atoms with Crippen molar-refractivity contribution < 1.29 is 8.78 Å². The van der Waals surface area contributed by atoms with Gasteiger partial charge >= 0.3 is 0 Å². The molecule has 1 aromatic carbocycles. The molecule has 2 rings (SSSR count). The molecule has 1 N–H and O–H groups in total. The fourth-order valence-corrected chi connectivity index (χ4v) is 1.79. The molecule has 14 heavy (non-hydrogen) atoms. The summed E-state index contributed by atoms with van der Waals surface area (Å²) in [6, 6.07) is 2.86. The number of benzene rings is 1. The maximum atomic E-state index is 13.0. The van der Waals surface area contributed by atoms with Crippen molar-refractivity contribution in [3.8, 4) is 0 Å². The lowest BCUT2D eigenvalue weighted by Crippen LogP contribution is -2.35. The Labute approximate surface area is 82.1 Å². The molecule has 1 aromatic rings. The lowest BCUT2D eigenvalue weighted by Gasteiger charge is -2.29. The fraction of sp³-hybridized carbons (Fsp3) is 0.455. The molecule has 0 aliphatic carbocycles. The summed E-state index contributed by atoms with van der Waals surface area (Å²) < 4.78 is 25.9. The van der Waals surface area contributed by atoms with Gasteiger partial charge in [-0.15, -0.1) is 0 Å². The summed E-state index contributed by atoms with van der Waals surface area (Å²) in [7, 11) is 0. The average Bonchev–Trinajstić information content (AvgIpc) is 2.08. The Bertz CT molecular complexity index is 345. The van der Waals surface area contributed by atoms with E-state index in [2.05, 4.69) is 5.32 Å². The van der Waals surface area contributed by atoms with E-state index in [9.17, 15) is 8.78 Å². The van der Waals surface area contributed by atoms with Crippen molar-refractivity contribution >= 4 is 0 Å². The first kappa shape index (κ1) is 9.59. The van der Waals surface area contributed by atoms with Gasteiger partial charge < -0.3 is 5.32 Å². The van der Waals surface area contributed by atoms with E-state index in [0.717, 1.165) is 30.5 Å². The predicted octanol–water partition coefficient (Wildman–Crippen LogP) is 2.56. The van der Waals surface area contributed by atoms with Gasteiger partial charge in [-0.05, 0) is 42.6 Å². The monoisotopic (exact) mass is 197 g/mol. The number of rotatable bonds is 2. The second-order valence-electron chi connectivity index (χ2n) is 3.61. The summed E-state index contributed by atoms with van der Waals surface area (Å²) in [6.45, 7) is 2.92. The van der Waals surface area contributed by atoms with E-state index in [1.54, 1.807) is 0 Å². The molecule has 1 unspecified atom stereocenters. The molecule has 1 aliphatic heterocycles. The van der Waals surface area contributed by atoms with Crippen molar-refractivity contribution in [3.05, 3.63) is 34.9 Å². The topological polar surface area (TPSA) is 12.0 Å². The largest absolute Gasteiger partial charge is 0.310 e. The van der Waals surface area contributed by atoms with Crippen LogP contribution in [0.1, 0.15) is 30.5 Å². The van der Waals surface area contributed by atoms with Gasteiger partial charge in [0.1, 0.15) is 0 Å². The van der Waals surface area contributed by atoms with Crippen LogP contribution in [-0.4, -0.2) is 6.54 Å². The molecule has 0 spiro atoms. The lowest BCUT2D eigenvalue weighted by atomic mass is 9.92. The summed E-state index contributed by atoms with van der Waals surface area (Å²) in [4.78, 5) is 0. The molecule has 0 bridgehead atoms. The van der Waals surface area contributed by atoms with Crippen LogP contribution >= 0.6 is 0 Å². The van der Waals surface area contributed by atoms with Crippen LogP contribution in [0.4, 0.5) is 8.78 Å². The molecule has 1 fully saturated rings. The summed E-state index contributed by atoms with van der Waals surface area (Å²) in [5.74, 6) is -1.49. The van der Waals surface area contributed by atoms with Gasteiger partial charge in [-0.25, -0.2) is 8.78 Å². The van der Waals surface area contributed by atoms with Crippen molar-refractivity contribution in [1.29, 1.82) is 0 Å². The first-order chi connectivity index (χ1) is 6.72. The van der Waals surface area contributed by atoms with Crippen LogP contribution < -0.4 is 5.32 Å². The van der Waals surface area contributed by atoms with Crippen LogP contribution in [-0.2, 0) is 6.42 Å². The minimum atomic E-state index is -0.745. The zero-order valence-electron chi connectivity index (χ0n) is 8.11. The van der Waals surface area contributed by atoms with Gasteiger partial charge in [-0.1, -0.05) is 6.92 Å². The second-order valence-corrected chi connectivity index (χ2v) is 3.61. The van der Waals surface area contributed by atoms with E-state index in [0.29, 0.717) is 0 Å². The molecular formula is C11H13F2N. The summed E-state index contributed by atoms with van der Waals surface area (Å²) in [5.41, 5.74) is 1.82. The predicted molar refractivity (Wildman–Crippen MR) is 51.1 cm³/mol. The Hall–Kier alpha value is -0.960. The number of hydrogen-bond acceptors (Lipinski definition) is 1. The van der Waals surface area contributed by atoms with E-state index in [4.69, 9.17) is 0 Å². The van der Waals surface area contributed by atoms with Crippen LogP contribution in [0.3, 0.4) is 0 Å². The highest BCUT2D eigenvalue weighted by Crippen LogP contribution is 2.28. The highest BCUT2D eigenvalue weighted by molar-refractivity contribution is 5.32. The minimum Gasteiger partial charge on any atom is -0.310 e. The van der Waals surface area contributed by atoms with Crippen molar-refractivity contribution in [1.82, 2.24) is 5.32 Å². The van der Waals surface area contributed by atoms with Gasteiger partial charge in [0.15, 0.2) is 11.6 Å². The highest BCUT2D eigenvalue weighted by atomic mass is 19.2. The number of nitrogens with one attached hydrogen (secondary N) is 1. The third-order valence-corrected chi connectivity index (χ3v) is 2.76. The Balaban J connectivity index is 2.40. The van der Waals surface area contributed by atoms with E-state index in [1.807, 2.05) is 6.92 Å². The SMILES string of the molecule is CCc1cc(F)c(F)cc1C1CCN1. The molecular weight excluding hydrogens is 184 g/mol. The van der Waals surface area contributed by atoms with Gasteiger partial charge in [0.05, 0.1) is 0 Å².